The van der Waals surface area contributed by atoms with Crippen molar-refractivity contribution in [2.45, 2.75) is 116 Å². The molecule has 2 heterocycles. The number of aromatic nitrogens is 2. The van der Waals surface area contributed by atoms with Crippen LogP contribution >= 0.6 is 0 Å². The summed E-state index contributed by atoms with van der Waals surface area (Å²) in [7, 11) is -4.08. The third kappa shape index (κ3) is 6.45. The van der Waals surface area contributed by atoms with E-state index in [9.17, 15) is 18.3 Å². The molecule has 246 valence electrons. The van der Waals surface area contributed by atoms with Gasteiger partial charge in [-0.2, -0.15) is 0 Å². The van der Waals surface area contributed by atoms with Crippen LogP contribution in [0.5, 0.6) is 0 Å². The van der Waals surface area contributed by atoms with Crippen molar-refractivity contribution in [2.24, 2.45) is 16.7 Å². The Morgan fingerprint density at radius 1 is 0.957 bits per heavy atom. The van der Waals surface area contributed by atoms with Gasteiger partial charge in [0.05, 0.1) is 16.2 Å². The lowest BCUT2D eigenvalue weighted by molar-refractivity contribution is -0.146. The van der Waals surface area contributed by atoms with Crippen LogP contribution in [0.15, 0.2) is 53.4 Å². The van der Waals surface area contributed by atoms with Gasteiger partial charge in [-0.3, -0.25) is 4.79 Å². The van der Waals surface area contributed by atoms with Gasteiger partial charge in [0.2, 0.25) is 5.95 Å². The van der Waals surface area contributed by atoms with Crippen molar-refractivity contribution < 1.29 is 18.3 Å². The Labute approximate surface area is 274 Å². The summed E-state index contributed by atoms with van der Waals surface area (Å²) in [6.45, 7) is 14.5. The predicted molar refractivity (Wildman–Crippen MR) is 181 cm³/mol. The highest BCUT2D eigenvalue weighted by Crippen LogP contribution is 2.62. The van der Waals surface area contributed by atoms with Crippen LogP contribution in [0.3, 0.4) is 0 Å². The number of carbonyl (C=O) groups is 1. The van der Waals surface area contributed by atoms with Gasteiger partial charge in [-0.25, -0.2) is 23.1 Å². The SMILES string of the molecule is Cc1cccc(C)c1-c1cc2nc(n1)NS(=O)(=O)c1cccc(c1)C(=O)N([C@H]1CC3(C1)C[C@H](C(C)(C)O)C3)[C@H](CC(C)(C)C)CC2. The van der Waals surface area contributed by atoms with Gasteiger partial charge in [0, 0.05) is 28.9 Å². The number of fused-ring (bicyclic) bond motifs is 4. The number of carbonyl (C=O) groups excluding carboxylic acids is 1. The molecule has 1 amide bonds. The number of rotatable bonds is 4. The standard InChI is InChI=1S/C37H48N4O4S/c1-23-10-8-11-24(2)32(23)31-17-27-14-15-28(20-35(3,4)5)41(29-21-37(22-29)18-26(19-37)36(6,7)43)33(42)25-12-9-13-30(16-25)46(44,45)40-34(38-27)39-31/h8-13,16-17,26,28-29,43H,14-15,18-22H2,1-7H3,(H,38,39,40)/t26-,28-,29-,37?/m0/s1. The predicted octanol–water partition coefficient (Wildman–Crippen LogP) is 7.08. The van der Waals surface area contributed by atoms with Crippen LogP contribution in [-0.2, 0) is 16.4 Å². The summed E-state index contributed by atoms with van der Waals surface area (Å²) < 4.78 is 30.0. The van der Waals surface area contributed by atoms with Crippen LogP contribution in [0.25, 0.3) is 11.3 Å². The minimum atomic E-state index is -4.08. The highest BCUT2D eigenvalue weighted by atomic mass is 32.2. The normalized spacial score (nSPS) is 26.2. The topological polar surface area (TPSA) is 112 Å². The molecule has 1 spiro atoms. The highest BCUT2D eigenvalue weighted by Gasteiger charge is 2.58. The summed E-state index contributed by atoms with van der Waals surface area (Å²) in [5.74, 6) is 0.178. The molecule has 0 saturated heterocycles. The van der Waals surface area contributed by atoms with E-state index in [0.717, 1.165) is 54.5 Å². The van der Waals surface area contributed by atoms with E-state index in [1.807, 2.05) is 52.0 Å². The fraction of sp³-hybridized carbons (Fsp3) is 0.541. The zero-order valence-corrected chi connectivity index (χ0v) is 29.0. The monoisotopic (exact) mass is 644 g/mol. The molecule has 2 aromatic carbocycles. The molecule has 0 unspecified atom stereocenters. The van der Waals surface area contributed by atoms with Gasteiger partial charge in [-0.05, 0) is 125 Å². The third-order valence-electron chi connectivity index (χ3n) is 10.4. The number of nitrogens with zero attached hydrogens (tertiary/aromatic N) is 3. The van der Waals surface area contributed by atoms with Crippen LogP contribution < -0.4 is 4.72 Å². The summed E-state index contributed by atoms with van der Waals surface area (Å²) in [4.78, 5) is 26.0. The molecule has 2 saturated carbocycles. The molecule has 2 fully saturated rings. The molecule has 1 aromatic heterocycles. The van der Waals surface area contributed by atoms with Crippen molar-refractivity contribution in [2.75, 3.05) is 4.72 Å². The van der Waals surface area contributed by atoms with Gasteiger partial charge in [0.25, 0.3) is 15.9 Å². The minimum Gasteiger partial charge on any atom is -0.390 e. The number of hydrogen-bond acceptors (Lipinski definition) is 6. The first-order chi connectivity index (χ1) is 21.4. The van der Waals surface area contributed by atoms with Crippen LogP contribution in [0, 0.1) is 30.6 Å². The second kappa shape index (κ2) is 11.4. The number of aliphatic hydroxyl groups is 1. The zero-order chi connectivity index (χ0) is 33.2. The molecule has 2 aliphatic carbocycles. The lowest BCUT2D eigenvalue weighted by atomic mass is 9.47. The fourth-order valence-corrected chi connectivity index (χ4v) is 9.08. The second-order valence-electron chi connectivity index (χ2n) is 16.0. The second-order valence-corrected chi connectivity index (χ2v) is 17.6. The minimum absolute atomic E-state index is 0.00429. The molecule has 0 radical (unpaired) electrons. The average Bonchev–Trinajstić information content (AvgIpc) is 2.89. The summed E-state index contributed by atoms with van der Waals surface area (Å²) in [6, 6.07) is 14.4. The maximum atomic E-state index is 14.5. The van der Waals surface area contributed by atoms with E-state index in [4.69, 9.17) is 9.97 Å². The van der Waals surface area contributed by atoms with Crippen LogP contribution in [0.2, 0.25) is 0 Å². The Bertz CT molecular complexity index is 1740. The summed E-state index contributed by atoms with van der Waals surface area (Å²) in [5.41, 5.74) is 4.27. The molecular weight excluding hydrogens is 596 g/mol. The largest absolute Gasteiger partial charge is 0.390 e. The van der Waals surface area contributed by atoms with Gasteiger partial charge in [-0.1, -0.05) is 45.0 Å². The first-order valence-corrected chi connectivity index (χ1v) is 18.0. The average molecular weight is 645 g/mol. The number of aryl methyl sites for hydroxylation is 3. The number of amides is 1. The molecule has 3 aliphatic rings. The lowest BCUT2D eigenvalue weighted by Crippen LogP contribution is -2.62. The maximum absolute atomic E-state index is 14.5. The molecule has 1 atom stereocenters. The van der Waals surface area contributed by atoms with E-state index in [1.54, 1.807) is 12.1 Å². The van der Waals surface area contributed by atoms with Gasteiger partial charge >= 0.3 is 0 Å². The van der Waals surface area contributed by atoms with Crippen molar-refractivity contribution in [1.29, 1.82) is 0 Å². The van der Waals surface area contributed by atoms with E-state index in [1.165, 1.54) is 12.1 Å². The number of anilines is 1. The van der Waals surface area contributed by atoms with Crippen molar-refractivity contribution in [3.05, 3.63) is 70.9 Å². The zero-order valence-electron chi connectivity index (χ0n) is 28.2. The quantitative estimate of drug-likeness (QED) is 0.314. The van der Waals surface area contributed by atoms with Crippen molar-refractivity contribution in [1.82, 2.24) is 14.9 Å². The molecule has 4 bridgehead atoms. The number of hydrogen-bond donors (Lipinski definition) is 2. The molecule has 8 nitrogen and oxygen atoms in total. The molecule has 9 heteroatoms. The first-order valence-electron chi connectivity index (χ1n) is 16.6. The number of sulfonamides is 1. The van der Waals surface area contributed by atoms with E-state index >= 15 is 0 Å². The van der Waals surface area contributed by atoms with Gasteiger partial charge in [-0.15, -0.1) is 0 Å². The van der Waals surface area contributed by atoms with Gasteiger partial charge < -0.3 is 10.0 Å². The van der Waals surface area contributed by atoms with Gasteiger partial charge in [0.15, 0.2) is 0 Å². The first kappa shape index (κ1) is 32.6. The summed E-state index contributed by atoms with van der Waals surface area (Å²) >= 11 is 0. The summed E-state index contributed by atoms with van der Waals surface area (Å²) in [6.07, 6.45) is 5.81. The van der Waals surface area contributed by atoms with E-state index in [-0.39, 0.29) is 45.6 Å². The molecule has 1 aliphatic heterocycles. The van der Waals surface area contributed by atoms with Crippen LogP contribution in [0.4, 0.5) is 5.95 Å². The van der Waals surface area contributed by atoms with Gasteiger partial charge in [0.1, 0.15) is 0 Å². The maximum Gasteiger partial charge on any atom is 0.264 e. The smallest absolute Gasteiger partial charge is 0.264 e. The van der Waals surface area contributed by atoms with E-state index < -0.39 is 15.6 Å². The molecule has 6 rings (SSSR count). The Morgan fingerprint density at radius 3 is 2.24 bits per heavy atom. The highest BCUT2D eigenvalue weighted by molar-refractivity contribution is 7.92. The Morgan fingerprint density at radius 2 is 1.61 bits per heavy atom. The van der Waals surface area contributed by atoms with Crippen LogP contribution in [-0.4, -0.2) is 52.0 Å². The van der Waals surface area contributed by atoms with E-state index in [0.29, 0.717) is 24.1 Å². The molecule has 46 heavy (non-hydrogen) atoms. The third-order valence-corrected chi connectivity index (χ3v) is 11.8. The lowest BCUT2D eigenvalue weighted by Gasteiger charge is -2.63. The Balaban J connectivity index is 1.43. The Kier molecular flexibility index (Phi) is 8.12. The molecular formula is C37H48N4O4S. The van der Waals surface area contributed by atoms with Crippen molar-refractivity contribution in [3.63, 3.8) is 0 Å². The number of benzene rings is 2. The van der Waals surface area contributed by atoms with Crippen molar-refractivity contribution >= 4 is 21.9 Å². The Hall–Kier alpha value is -3.30. The fourth-order valence-electron chi connectivity index (χ4n) is 8.09. The number of nitrogens with one attached hydrogen (secondary N) is 1. The van der Waals surface area contributed by atoms with Crippen LogP contribution in [0.1, 0.15) is 100 Å². The molecule has 2 N–H and O–H groups in total. The van der Waals surface area contributed by atoms with E-state index in [2.05, 4.69) is 30.4 Å². The molecule has 3 aromatic rings. The van der Waals surface area contributed by atoms with Crippen molar-refractivity contribution in [3.8, 4) is 11.3 Å². The summed E-state index contributed by atoms with van der Waals surface area (Å²) in [5, 5.41) is 10.6.